The third-order valence-electron chi connectivity index (χ3n) is 2.23. The summed E-state index contributed by atoms with van der Waals surface area (Å²) in [5.74, 6) is -0.00176. The Kier molecular flexibility index (Phi) is 2.28. The Morgan fingerprint density at radius 2 is 2.43 bits per heavy atom. The zero-order chi connectivity index (χ0) is 10.2. The van der Waals surface area contributed by atoms with E-state index in [-0.39, 0.29) is 11.3 Å². The van der Waals surface area contributed by atoms with Crippen LogP contribution in [0, 0.1) is 12.3 Å². The Balaban J connectivity index is 2.01. The van der Waals surface area contributed by atoms with Crippen LogP contribution < -0.4 is 5.32 Å². The highest BCUT2D eigenvalue weighted by atomic mass is 32.1. The maximum atomic E-state index is 11.7. The van der Waals surface area contributed by atoms with Crippen molar-refractivity contribution in [2.75, 3.05) is 18.5 Å². The van der Waals surface area contributed by atoms with Crippen LogP contribution in [0.25, 0.3) is 0 Å². The number of carbonyl (C=O) groups is 1. The van der Waals surface area contributed by atoms with Crippen LogP contribution in [0.5, 0.6) is 0 Å². The maximum absolute atomic E-state index is 11.7. The molecule has 1 aliphatic heterocycles. The van der Waals surface area contributed by atoms with Crippen molar-refractivity contribution in [1.29, 1.82) is 0 Å². The van der Waals surface area contributed by atoms with E-state index < -0.39 is 0 Å². The first-order valence-corrected chi connectivity index (χ1v) is 5.29. The van der Waals surface area contributed by atoms with Gasteiger partial charge in [-0.25, -0.2) is 4.98 Å². The minimum atomic E-state index is -0.362. The third kappa shape index (κ3) is 1.65. The Bertz CT molecular complexity index is 357. The summed E-state index contributed by atoms with van der Waals surface area (Å²) >= 11 is 1.44. The van der Waals surface area contributed by atoms with Crippen LogP contribution in [0.2, 0.25) is 0 Å². The van der Waals surface area contributed by atoms with Crippen LogP contribution in [0.3, 0.4) is 0 Å². The molecule has 1 amide bonds. The van der Waals surface area contributed by atoms with E-state index in [0.29, 0.717) is 18.3 Å². The summed E-state index contributed by atoms with van der Waals surface area (Å²) in [6.45, 7) is 4.80. The van der Waals surface area contributed by atoms with Crippen LogP contribution in [-0.4, -0.2) is 24.1 Å². The molecule has 2 heterocycles. The SMILES string of the molecule is Cc1csc(NC(=O)C2(C)COC2)n1. The molecule has 0 unspecified atom stereocenters. The fourth-order valence-corrected chi connectivity index (χ4v) is 1.88. The normalized spacial score (nSPS) is 18.7. The lowest BCUT2D eigenvalue weighted by Crippen LogP contribution is -2.49. The number of carbonyl (C=O) groups excluding carboxylic acids is 1. The zero-order valence-corrected chi connectivity index (χ0v) is 8.98. The van der Waals surface area contributed by atoms with E-state index in [1.54, 1.807) is 0 Å². The Morgan fingerprint density at radius 3 is 2.86 bits per heavy atom. The molecule has 0 aromatic carbocycles. The molecule has 0 aliphatic carbocycles. The van der Waals surface area contributed by atoms with Gasteiger partial charge in [-0.3, -0.25) is 4.79 Å². The number of hydrogen-bond acceptors (Lipinski definition) is 4. The summed E-state index contributed by atoms with van der Waals surface area (Å²) in [6, 6.07) is 0. The second-order valence-corrected chi connectivity index (χ2v) is 4.66. The maximum Gasteiger partial charge on any atom is 0.236 e. The second kappa shape index (κ2) is 3.33. The number of aromatic nitrogens is 1. The smallest absolute Gasteiger partial charge is 0.236 e. The highest BCUT2D eigenvalue weighted by Gasteiger charge is 2.41. The van der Waals surface area contributed by atoms with Gasteiger partial charge in [0.05, 0.1) is 24.3 Å². The van der Waals surface area contributed by atoms with E-state index in [9.17, 15) is 4.79 Å². The van der Waals surface area contributed by atoms with Crippen LogP contribution >= 0.6 is 11.3 Å². The zero-order valence-electron chi connectivity index (χ0n) is 8.16. The monoisotopic (exact) mass is 212 g/mol. The largest absolute Gasteiger partial charge is 0.379 e. The van der Waals surface area contributed by atoms with Gasteiger partial charge in [-0.15, -0.1) is 11.3 Å². The molecule has 1 aromatic heterocycles. The number of amides is 1. The molecule has 14 heavy (non-hydrogen) atoms. The topological polar surface area (TPSA) is 51.2 Å². The lowest BCUT2D eigenvalue weighted by molar-refractivity contribution is -0.151. The lowest BCUT2D eigenvalue weighted by Gasteiger charge is -2.35. The number of aryl methyl sites for hydroxylation is 1. The van der Waals surface area contributed by atoms with E-state index in [2.05, 4.69) is 10.3 Å². The van der Waals surface area contributed by atoms with Gasteiger partial charge in [-0.1, -0.05) is 0 Å². The van der Waals surface area contributed by atoms with Gasteiger partial charge in [-0.05, 0) is 13.8 Å². The molecule has 76 valence electrons. The van der Waals surface area contributed by atoms with Gasteiger partial charge in [0.15, 0.2) is 5.13 Å². The molecule has 1 aliphatic rings. The molecular weight excluding hydrogens is 200 g/mol. The van der Waals surface area contributed by atoms with Crippen molar-refractivity contribution in [2.45, 2.75) is 13.8 Å². The number of anilines is 1. The molecule has 0 bridgehead atoms. The summed E-state index contributed by atoms with van der Waals surface area (Å²) < 4.78 is 5.02. The molecule has 0 saturated carbocycles. The quantitative estimate of drug-likeness (QED) is 0.806. The van der Waals surface area contributed by atoms with Gasteiger partial charge in [0.2, 0.25) is 5.91 Å². The predicted octanol–water partition coefficient (Wildman–Crippen LogP) is 1.43. The van der Waals surface area contributed by atoms with Gasteiger partial charge in [0.1, 0.15) is 0 Å². The lowest BCUT2D eigenvalue weighted by atomic mass is 9.88. The van der Waals surface area contributed by atoms with Crippen molar-refractivity contribution in [3.05, 3.63) is 11.1 Å². The van der Waals surface area contributed by atoms with E-state index in [1.807, 2.05) is 19.2 Å². The van der Waals surface area contributed by atoms with Crippen LogP contribution in [0.15, 0.2) is 5.38 Å². The molecule has 2 rings (SSSR count). The fourth-order valence-electron chi connectivity index (χ4n) is 1.20. The molecule has 1 aromatic rings. The fraction of sp³-hybridized carbons (Fsp3) is 0.556. The summed E-state index contributed by atoms with van der Waals surface area (Å²) in [5.41, 5.74) is 0.569. The molecular formula is C9H12N2O2S. The molecule has 5 heteroatoms. The van der Waals surface area contributed by atoms with Gasteiger partial charge < -0.3 is 10.1 Å². The minimum absolute atomic E-state index is 0.00176. The van der Waals surface area contributed by atoms with E-state index in [4.69, 9.17) is 4.74 Å². The van der Waals surface area contributed by atoms with Gasteiger partial charge in [-0.2, -0.15) is 0 Å². The van der Waals surface area contributed by atoms with Crippen molar-refractivity contribution in [3.63, 3.8) is 0 Å². The highest BCUT2D eigenvalue weighted by Crippen LogP contribution is 2.28. The number of nitrogens with one attached hydrogen (secondary N) is 1. The predicted molar refractivity (Wildman–Crippen MR) is 54.4 cm³/mol. The summed E-state index contributed by atoms with van der Waals surface area (Å²) in [4.78, 5) is 15.9. The van der Waals surface area contributed by atoms with Crippen molar-refractivity contribution in [2.24, 2.45) is 5.41 Å². The molecule has 1 N–H and O–H groups in total. The summed E-state index contributed by atoms with van der Waals surface area (Å²) in [5, 5.41) is 5.37. The Morgan fingerprint density at radius 1 is 1.71 bits per heavy atom. The Hall–Kier alpha value is -0.940. The van der Waals surface area contributed by atoms with Gasteiger partial charge in [0.25, 0.3) is 0 Å². The molecule has 0 radical (unpaired) electrons. The number of nitrogens with zero attached hydrogens (tertiary/aromatic N) is 1. The first-order chi connectivity index (χ1) is 6.60. The molecule has 1 saturated heterocycles. The van der Waals surface area contributed by atoms with E-state index in [1.165, 1.54) is 11.3 Å². The van der Waals surface area contributed by atoms with Crippen LogP contribution in [-0.2, 0) is 9.53 Å². The summed E-state index contributed by atoms with van der Waals surface area (Å²) in [6.07, 6.45) is 0. The minimum Gasteiger partial charge on any atom is -0.379 e. The molecule has 4 nitrogen and oxygen atoms in total. The average Bonchev–Trinajstić information content (AvgIpc) is 2.47. The van der Waals surface area contributed by atoms with Crippen LogP contribution in [0.1, 0.15) is 12.6 Å². The number of hydrogen-bond donors (Lipinski definition) is 1. The van der Waals surface area contributed by atoms with Gasteiger partial charge in [0, 0.05) is 5.38 Å². The second-order valence-electron chi connectivity index (χ2n) is 3.80. The standard InChI is InChI=1S/C9H12N2O2S/c1-6-3-14-8(10-6)11-7(12)9(2)4-13-5-9/h3H,4-5H2,1-2H3,(H,10,11,12). The number of thiazole rings is 1. The highest BCUT2D eigenvalue weighted by molar-refractivity contribution is 7.13. The van der Waals surface area contributed by atoms with Crippen molar-refractivity contribution >= 4 is 22.4 Å². The molecule has 1 fully saturated rings. The summed E-state index contributed by atoms with van der Waals surface area (Å²) in [7, 11) is 0. The average molecular weight is 212 g/mol. The van der Waals surface area contributed by atoms with E-state index >= 15 is 0 Å². The van der Waals surface area contributed by atoms with E-state index in [0.717, 1.165) is 5.69 Å². The van der Waals surface area contributed by atoms with Gasteiger partial charge >= 0.3 is 0 Å². The number of rotatable bonds is 2. The first-order valence-electron chi connectivity index (χ1n) is 4.41. The van der Waals surface area contributed by atoms with Crippen molar-refractivity contribution in [1.82, 2.24) is 4.98 Å². The number of ether oxygens (including phenoxy) is 1. The molecule has 0 atom stereocenters. The third-order valence-corrected chi connectivity index (χ3v) is 3.10. The van der Waals surface area contributed by atoms with Crippen molar-refractivity contribution in [3.8, 4) is 0 Å². The molecule has 0 spiro atoms. The first kappa shape index (κ1) is 9.61. The Labute approximate surface area is 86.3 Å². The van der Waals surface area contributed by atoms with Crippen molar-refractivity contribution < 1.29 is 9.53 Å². The van der Waals surface area contributed by atoms with Crippen LogP contribution in [0.4, 0.5) is 5.13 Å².